The molecular formula is C10H17NO. The van der Waals surface area contributed by atoms with Crippen molar-refractivity contribution in [1.29, 1.82) is 0 Å². The lowest BCUT2D eigenvalue weighted by atomic mass is 10.3. The Labute approximate surface area is 74.5 Å². The third-order valence-electron chi connectivity index (χ3n) is 1.77. The molecule has 2 nitrogen and oxygen atoms in total. The van der Waals surface area contributed by atoms with E-state index in [2.05, 4.69) is 37.1 Å². The van der Waals surface area contributed by atoms with Crippen LogP contribution in [0, 0.1) is 0 Å². The van der Waals surface area contributed by atoms with Gasteiger partial charge >= 0.3 is 0 Å². The van der Waals surface area contributed by atoms with Crippen LogP contribution in [-0.2, 0) is 4.74 Å². The summed E-state index contributed by atoms with van der Waals surface area (Å²) in [5, 5.41) is 0. The molecule has 1 rings (SSSR count). The number of hydrogen-bond acceptors (Lipinski definition) is 2. The quantitative estimate of drug-likeness (QED) is 0.581. The van der Waals surface area contributed by atoms with Crippen molar-refractivity contribution in [3.05, 3.63) is 23.9 Å². The molecule has 0 N–H and O–H groups in total. The van der Waals surface area contributed by atoms with Crippen LogP contribution in [0.3, 0.4) is 0 Å². The molecule has 0 aromatic heterocycles. The zero-order chi connectivity index (χ0) is 8.81. The summed E-state index contributed by atoms with van der Waals surface area (Å²) in [5.74, 6) is 0. The smallest absolute Gasteiger partial charge is 0.0642 e. The van der Waals surface area contributed by atoms with Gasteiger partial charge in [0.15, 0.2) is 0 Å². The van der Waals surface area contributed by atoms with Gasteiger partial charge < -0.3 is 9.64 Å². The first-order valence-electron chi connectivity index (χ1n) is 4.42. The molecule has 0 saturated carbocycles. The van der Waals surface area contributed by atoms with E-state index in [9.17, 15) is 0 Å². The molecule has 0 atom stereocenters. The summed E-state index contributed by atoms with van der Waals surface area (Å²) < 4.78 is 5.24. The maximum Gasteiger partial charge on any atom is 0.0642 e. The van der Waals surface area contributed by atoms with Gasteiger partial charge in [0.05, 0.1) is 13.2 Å². The van der Waals surface area contributed by atoms with Gasteiger partial charge in [-0.1, -0.05) is 11.6 Å². The highest BCUT2D eigenvalue weighted by atomic mass is 16.5. The van der Waals surface area contributed by atoms with Crippen molar-refractivity contribution in [3.8, 4) is 0 Å². The number of nitrogens with zero attached hydrogens (tertiary/aromatic N) is 1. The normalized spacial score (nSPS) is 18.3. The fourth-order valence-corrected chi connectivity index (χ4v) is 1.08. The van der Waals surface area contributed by atoms with Gasteiger partial charge in [0.2, 0.25) is 0 Å². The molecule has 1 aliphatic rings. The Morgan fingerprint density at radius 3 is 2.50 bits per heavy atom. The van der Waals surface area contributed by atoms with Crippen molar-refractivity contribution in [2.75, 3.05) is 26.3 Å². The van der Waals surface area contributed by atoms with Gasteiger partial charge in [-0.05, 0) is 26.1 Å². The van der Waals surface area contributed by atoms with Crippen molar-refractivity contribution < 1.29 is 4.74 Å². The van der Waals surface area contributed by atoms with Gasteiger partial charge in [0.1, 0.15) is 0 Å². The average molecular weight is 167 g/mol. The van der Waals surface area contributed by atoms with E-state index in [0.29, 0.717) is 0 Å². The first-order valence-corrected chi connectivity index (χ1v) is 4.42. The first kappa shape index (κ1) is 9.33. The van der Waals surface area contributed by atoms with Crippen LogP contribution >= 0.6 is 0 Å². The summed E-state index contributed by atoms with van der Waals surface area (Å²) in [6.45, 7) is 7.96. The molecule has 0 unspecified atom stereocenters. The molecule has 1 heterocycles. The summed E-state index contributed by atoms with van der Waals surface area (Å²) in [5.41, 5.74) is 1.33. The summed E-state index contributed by atoms with van der Waals surface area (Å²) in [6.07, 6.45) is 6.35. The molecule has 2 heteroatoms. The third kappa shape index (κ3) is 3.58. The zero-order valence-electron chi connectivity index (χ0n) is 7.92. The van der Waals surface area contributed by atoms with Crippen molar-refractivity contribution in [2.45, 2.75) is 13.8 Å². The van der Waals surface area contributed by atoms with E-state index in [4.69, 9.17) is 4.74 Å². The number of allylic oxidation sites excluding steroid dienone is 3. The molecule has 0 spiro atoms. The van der Waals surface area contributed by atoms with Gasteiger partial charge in [-0.2, -0.15) is 0 Å². The molecule has 0 aromatic carbocycles. The summed E-state index contributed by atoms with van der Waals surface area (Å²) in [7, 11) is 0. The van der Waals surface area contributed by atoms with Crippen LogP contribution in [0.1, 0.15) is 13.8 Å². The van der Waals surface area contributed by atoms with Crippen LogP contribution in [0.5, 0.6) is 0 Å². The Bertz CT molecular complexity index is 174. The van der Waals surface area contributed by atoms with Gasteiger partial charge in [-0.15, -0.1) is 0 Å². The molecule has 0 bridgehead atoms. The highest BCUT2D eigenvalue weighted by molar-refractivity contribution is 5.07. The van der Waals surface area contributed by atoms with Crippen molar-refractivity contribution in [3.63, 3.8) is 0 Å². The second-order valence-corrected chi connectivity index (χ2v) is 3.23. The Balaban J connectivity index is 2.29. The number of ether oxygens (including phenoxy) is 1. The second kappa shape index (κ2) is 4.99. The standard InChI is InChI=1S/C10H17NO/c1-10(2)4-3-5-11-6-8-12-9-7-11/h3-5H,6-9H2,1-2H3. The Morgan fingerprint density at radius 2 is 1.92 bits per heavy atom. The summed E-state index contributed by atoms with van der Waals surface area (Å²) in [4.78, 5) is 2.28. The van der Waals surface area contributed by atoms with Crippen LogP contribution in [0.25, 0.3) is 0 Å². The fraction of sp³-hybridized carbons (Fsp3) is 0.600. The van der Waals surface area contributed by atoms with Crippen LogP contribution in [0.4, 0.5) is 0 Å². The lowest BCUT2D eigenvalue weighted by molar-refractivity contribution is 0.0594. The maximum atomic E-state index is 5.24. The van der Waals surface area contributed by atoms with E-state index in [0.717, 1.165) is 26.3 Å². The van der Waals surface area contributed by atoms with Crippen molar-refractivity contribution in [2.24, 2.45) is 0 Å². The molecule has 1 aliphatic heterocycles. The largest absolute Gasteiger partial charge is 0.378 e. The number of rotatable bonds is 2. The van der Waals surface area contributed by atoms with Crippen molar-refractivity contribution in [1.82, 2.24) is 4.90 Å². The van der Waals surface area contributed by atoms with Crippen molar-refractivity contribution >= 4 is 0 Å². The molecule has 0 radical (unpaired) electrons. The molecule has 12 heavy (non-hydrogen) atoms. The predicted octanol–water partition coefficient (Wildman–Crippen LogP) is 1.80. The first-order chi connectivity index (χ1) is 5.79. The van der Waals surface area contributed by atoms with E-state index >= 15 is 0 Å². The van der Waals surface area contributed by atoms with Crippen LogP contribution < -0.4 is 0 Å². The zero-order valence-corrected chi connectivity index (χ0v) is 7.92. The van der Waals surface area contributed by atoms with E-state index in [1.165, 1.54) is 5.57 Å². The van der Waals surface area contributed by atoms with E-state index in [1.54, 1.807) is 0 Å². The van der Waals surface area contributed by atoms with Gasteiger partial charge in [-0.3, -0.25) is 0 Å². The minimum absolute atomic E-state index is 0.860. The van der Waals surface area contributed by atoms with Gasteiger partial charge in [0, 0.05) is 13.1 Å². The molecule has 1 saturated heterocycles. The molecule has 68 valence electrons. The lowest BCUT2D eigenvalue weighted by Crippen LogP contribution is -2.31. The minimum Gasteiger partial charge on any atom is -0.378 e. The topological polar surface area (TPSA) is 12.5 Å². The maximum absolute atomic E-state index is 5.24. The fourth-order valence-electron chi connectivity index (χ4n) is 1.08. The molecule has 1 fully saturated rings. The molecular weight excluding hydrogens is 150 g/mol. The van der Waals surface area contributed by atoms with Crippen LogP contribution in [0.2, 0.25) is 0 Å². The van der Waals surface area contributed by atoms with E-state index in [1.807, 2.05) is 0 Å². The Morgan fingerprint density at radius 1 is 1.25 bits per heavy atom. The Hall–Kier alpha value is -0.760. The highest BCUT2D eigenvalue weighted by Crippen LogP contribution is 1.98. The summed E-state index contributed by atoms with van der Waals surface area (Å²) >= 11 is 0. The number of morpholine rings is 1. The summed E-state index contributed by atoms with van der Waals surface area (Å²) in [6, 6.07) is 0. The van der Waals surface area contributed by atoms with Crippen LogP contribution in [-0.4, -0.2) is 31.2 Å². The minimum atomic E-state index is 0.860. The van der Waals surface area contributed by atoms with E-state index in [-0.39, 0.29) is 0 Å². The molecule has 0 aliphatic carbocycles. The predicted molar refractivity (Wildman–Crippen MR) is 51.0 cm³/mol. The third-order valence-corrected chi connectivity index (χ3v) is 1.77. The van der Waals surface area contributed by atoms with E-state index < -0.39 is 0 Å². The Kier molecular flexibility index (Phi) is 3.88. The second-order valence-electron chi connectivity index (χ2n) is 3.23. The highest BCUT2D eigenvalue weighted by Gasteiger charge is 2.03. The van der Waals surface area contributed by atoms with Crippen LogP contribution in [0.15, 0.2) is 23.9 Å². The molecule has 0 aromatic rings. The lowest BCUT2D eigenvalue weighted by Gasteiger charge is -2.24. The monoisotopic (exact) mass is 167 g/mol. The molecule has 0 amide bonds. The SMILES string of the molecule is CC(C)=CC=CN1CCOCC1. The average Bonchev–Trinajstić information content (AvgIpc) is 2.05. The van der Waals surface area contributed by atoms with Gasteiger partial charge in [0.25, 0.3) is 0 Å². The number of hydrogen-bond donors (Lipinski definition) is 0. The van der Waals surface area contributed by atoms with Gasteiger partial charge in [-0.25, -0.2) is 0 Å².